The minimum absolute atomic E-state index is 0.0448. The number of nitrogens with zero attached hydrogens (tertiary/aromatic N) is 2. The molecule has 0 bridgehead atoms. The van der Waals surface area contributed by atoms with Crippen LogP contribution in [0, 0.1) is 5.82 Å². The first-order chi connectivity index (χ1) is 26.0. The number of hydrogen-bond donors (Lipinski definition) is 0. The van der Waals surface area contributed by atoms with E-state index in [1.54, 1.807) is 29.2 Å². The smallest absolute Gasteiger partial charge is 0.410 e. The Morgan fingerprint density at radius 1 is 0.796 bits per heavy atom. The van der Waals surface area contributed by atoms with Crippen LogP contribution in [0.4, 0.5) is 9.18 Å². The lowest BCUT2D eigenvalue weighted by atomic mass is 9.88. The second-order valence-electron chi connectivity index (χ2n) is 14.9. The van der Waals surface area contributed by atoms with Gasteiger partial charge in [-0.1, -0.05) is 94.5 Å². The van der Waals surface area contributed by atoms with Crippen molar-refractivity contribution in [2.24, 2.45) is 0 Å². The number of halogens is 1. The van der Waals surface area contributed by atoms with Crippen molar-refractivity contribution < 1.29 is 28.2 Å². The summed E-state index contributed by atoms with van der Waals surface area (Å²) in [5.74, 6) is 0.0324. The van der Waals surface area contributed by atoms with Crippen LogP contribution in [-0.2, 0) is 16.1 Å². The number of aromatic nitrogens is 1. The van der Waals surface area contributed by atoms with Gasteiger partial charge in [-0.05, 0) is 93.3 Å². The highest BCUT2D eigenvalue weighted by atomic mass is 19.1. The van der Waals surface area contributed by atoms with Gasteiger partial charge in [-0.15, -0.1) is 0 Å². The molecular weight excluding hydrogens is 680 g/mol. The van der Waals surface area contributed by atoms with Crippen LogP contribution in [-0.4, -0.2) is 47.3 Å². The summed E-state index contributed by atoms with van der Waals surface area (Å²) in [5, 5.41) is 0.920. The van der Waals surface area contributed by atoms with Gasteiger partial charge in [0.15, 0.2) is 0 Å². The van der Waals surface area contributed by atoms with Crippen LogP contribution in [0.5, 0.6) is 5.75 Å². The number of carbonyl (C=O) groups excluding carboxylic acids is 2. The van der Waals surface area contributed by atoms with Crippen molar-refractivity contribution in [3.05, 3.63) is 120 Å². The normalized spacial score (nSPS) is 13.3. The molecule has 6 rings (SSSR count). The quantitative estimate of drug-likeness (QED) is 0.0998. The maximum Gasteiger partial charge on any atom is 0.410 e. The molecule has 0 unspecified atom stereocenters. The number of piperidine rings is 1. The standard InChI is InChI=1S/C39H39FN2O5.C7H16/c1-39(2,3)47-38(44)41-23-21-28(22-24-41)36-34(27-13-15-29(16-14-27)37(43)45-4)35-32(42(36)31-19-17-30(40)18-20-31)11-8-12-33(35)46-25-26-9-6-5-7-10-26;1-3-5-7-6-4-2/h5-20,28H,21-25H2,1-4H3;3-7H2,1-2H3. The molecule has 4 aromatic carbocycles. The molecule has 7 nitrogen and oxygen atoms in total. The van der Waals surface area contributed by atoms with Gasteiger partial charge in [-0.25, -0.2) is 14.0 Å². The lowest BCUT2D eigenvalue weighted by Crippen LogP contribution is -2.41. The zero-order valence-electron chi connectivity index (χ0n) is 32.7. The Hall–Kier alpha value is -5.11. The minimum atomic E-state index is -0.581. The third-order valence-corrected chi connectivity index (χ3v) is 9.65. The Morgan fingerprint density at radius 3 is 2.04 bits per heavy atom. The summed E-state index contributed by atoms with van der Waals surface area (Å²) in [4.78, 5) is 27.1. The van der Waals surface area contributed by atoms with E-state index in [0.717, 1.165) is 39.0 Å². The van der Waals surface area contributed by atoms with Gasteiger partial charge in [-0.3, -0.25) is 0 Å². The molecule has 0 spiro atoms. The molecule has 0 aliphatic carbocycles. The summed E-state index contributed by atoms with van der Waals surface area (Å²) >= 11 is 0. The molecule has 1 aromatic heterocycles. The lowest BCUT2D eigenvalue weighted by Gasteiger charge is -2.34. The van der Waals surface area contributed by atoms with Crippen molar-refractivity contribution in [2.75, 3.05) is 20.2 Å². The number of benzene rings is 4. The molecule has 0 atom stereocenters. The van der Waals surface area contributed by atoms with Crippen LogP contribution >= 0.6 is 0 Å². The van der Waals surface area contributed by atoms with E-state index in [2.05, 4.69) is 24.5 Å². The van der Waals surface area contributed by atoms with Crippen LogP contribution in [0.2, 0.25) is 0 Å². The summed E-state index contributed by atoms with van der Waals surface area (Å²) in [6, 6.07) is 29.9. The van der Waals surface area contributed by atoms with E-state index >= 15 is 0 Å². The zero-order chi connectivity index (χ0) is 38.7. The van der Waals surface area contributed by atoms with Crippen LogP contribution < -0.4 is 4.74 Å². The van der Waals surface area contributed by atoms with E-state index in [4.69, 9.17) is 14.2 Å². The van der Waals surface area contributed by atoms with Crippen molar-refractivity contribution in [1.82, 2.24) is 9.47 Å². The number of ether oxygens (including phenoxy) is 3. The fourth-order valence-corrected chi connectivity index (χ4v) is 6.96. The number of fused-ring (bicyclic) bond motifs is 1. The Morgan fingerprint density at radius 2 is 1.44 bits per heavy atom. The third kappa shape index (κ3) is 10.1. The molecule has 286 valence electrons. The summed E-state index contributed by atoms with van der Waals surface area (Å²) in [7, 11) is 1.37. The highest BCUT2D eigenvalue weighted by molar-refractivity contribution is 6.04. The number of likely N-dealkylation sites (tertiary alicyclic amines) is 1. The van der Waals surface area contributed by atoms with E-state index in [0.29, 0.717) is 43.9 Å². The molecule has 8 heteroatoms. The highest BCUT2D eigenvalue weighted by Gasteiger charge is 2.33. The van der Waals surface area contributed by atoms with E-state index in [1.165, 1.54) is 51.3 Å². The molecule has 0 saturated carbocycles. The number of unbranched alkanes of at least 4 members (excludes halogenated alkanes) is 4. The number of hydrogen-bond acceptors (Lipinski definition) is 5. The first kappa shape index (κ1) is 40.1. The molecule has 1 aliphatic rings. The zero-order valence-corrected chi connectivity index (χ0v) is 32.7. The molecule has 5 aromatic rings. The van der Waals surface area contributed by atoms with Crippen molar-refractivity contribution >= 4 is 23.0 Å². The third-order valence-electron chi connectivity index (χ3n) is 9.65. The molecule has 1 aliphatic heterocycles. The van der Waals surface area contributed by atoms with Crippen molar-refractivity contribution in [2.45, 2.75) is 97.7 Å². The van der Waals surface area contributed by atoms with Gasteiger partial charge < -0.3 is 23.7 Å². The van der Waals surface area contributed by atoms with Gasteiger partial charge >= 0.3 is 12.1 Å². The fourth-order valence-electron chi connectivity index (χ4n) is 6.96. The summed E-state index contributed by atoms with van der Waals surface area (Å²) < 4.78 is 33.6. The van der Waals surface area contributed by atoms with Gasteiger partial charge in [0.2, 0.25) is 0 Å². The van der Waals surface area contributed by atoms with Crippen LogP contribution in [0.3, 0.4) is 0 Å². The predicted octanol–water partition coefficient (Wildman–Crippen LogP) is 11.9. The largest absolute Gasteiger partial charge is 0.488 e. The van der Waals surface area contributed by atoms with E-state index in [9.17, 15) is 14.0 Å². The maximum atomic E-state index is 14.2. The minimum Gasteiger partial charge on any atom is -0.488 e. The first-order valence-corrected chi connectivity index (χ1v) is 19.3. The van der Waals surface area contributed by atoms with E-state index in [-0.39, 0.29) is 17.8 Å². The van der Waals surface area contributed by atoms with Crippen molar-refractivity contribution in [3.8, 4) is 22.6 Å². The fraction of sp³-hybridized carbons (Fsp3) is 0.391. The number of methoxy groups -OCH3 is 1. The van der Waals surface area contributed by atoms with E-state index < -0.39 is 11.6 Å². The first-order valence-electron chi connectivity index (χ1n) is 19.3. The maximum absolute atomic E-state index is 14.2. The average Bonchev–Trinajstić information content (AvgIpc) is 3.53. The van der Waals surface area contributed by atoms with Crippen LogP contribution in [0.15, 0.2) is 97.1 Å². The van der Waals surface area contributed by atoms with Gasteiger partial charge in [-0.2, -0.15) is 0 Å². The molecule has 54 heavy (non-hydrogen) atoms. The van der Waals surface area contributed by atoms with Crippen LogP contribution in [0.1, 0.15) is 107 Å². The second-order valence-corrected chi connectivity index (χ2v) is 14.9. The SMILES string of the molecule is CCCCCCC.COC(=O)c1ccc(-c2c(C3CCN(C(=O)OC(C)(C)C)CC3)n(-c3ccc(F)cc3)c3cccc(OCc4ccccc4)c23)cc1. The van der Waals surface area contributed by atoms with Crippen molar-refractivity contribution in [3.63, 3.8) is 0 Å². The molecular formula is C46H55FN2O5. The lowest BCUT2D eigenvalue weighted by molar-refractivity contribution is 0.0203. The van der Waals surface area contributed by atoms with Gasteiger partial charge in [0, 0.05) is 36.0 Å². The average molecular weight is 735 g/mol. The van der Waals surface area contributed by atoms with Gasteiger partial charge in [0.25, 0.3) is 0 Å². The molecule has 1 fully saturated rings. The Balaban J connectivity index is 0.000000730. The predicted molar refractivity (Wildman–Crippen MR) is 215 cm³/mol. The van der Waals surface area contributed by atoms with Gasteiger partial charge in [0.05, 0.1) is 23.6 Å². The Kier molecular flexibility index (Phi) is 13.9. The number of rotatable bonds is 11. The summed E-state index contributed by atoms with van der Waals surface area (Å²) in [5.41, 5.74) is 5.56. The number of esters is 1. The molecule has 1 saturated heterocycles. The summed E-state index contributed by atoms with van der Waals surface area (Å²) in [6.45, 7) is 11.5. The monoisotopic (exact) mass is 734 g/mol. The van der Waals surface area contributed by atoms with Gasteiger partial charge in [0.1, 0.15) is 23.8 Å². The Bertz CT molecular complexity index is 1950. The highest BCUT2D eigenvalue weighted by Crippen LogP contribution is 2.47. The number of carbonyl (C=O) groups is 2. The summed E-state index contributed by atoms with van der Waals surface area (Å²) in [6.07, 6.45) is 8.09. The van der Waals surface area contributed by atoms with Crippen molar-refractivity contribution in [1.29, 1.82) is 0 Å². The molecule has 0 radical (unpaired) electrons. The molecule has 0 N–H and O–H groups in total. The topological polar surface area (TPSA) is 70.0 Å². The molecule has 1 amide bonds. The second kappa shape index (κ2) is 18.8. The molecule has 2 heterocycles. The van der Waals surface area contributed by atoms with Crippen LogP contribution in [0.25, 0.3) is 27.7 Å². The van der Waals surface area contributed by atoms with E-state index in [1.807, 2.05) is 75.4 Å². The number of amides is 1. The Labute approximate surface area is 320 Å².